The number of carbonyl (C=O) groups is 1. The number of nitrogens with zero attached hydrogens (tertiary/aromatic N) is 1. The summed E-state index contributed by atoms with van der Waals surface area (Å²) in [6.45, 7) is 1.19. The molecule has 3 rings (SSSR count). The number of likely N-dealkylation sites (tertiary alicyclic amines) is 1. The van der Waals surface area contributed by atoms with E-state index < -0.39 is 14.5 Å². The Kier molecular flexibility index (Phi) is 4.56. The van der Waals surface area contributed by atoms with Crippen molar-refractivity contribution < 1.29 is 17.9 Å². The van der Waals surface area contributed by atoms with Gasteiger partial charge in [0.05, 0.1) is 5.75 Å². The largest absolute Gasteiger partial charge is 0.445 e. The van der Waals surface area contributed by atoms with Crippen LogP contribution in [-0.2, 0) is 20.4 Å². The summed E-state index contributed by atoms with van der Waals surface area (Å²) in [7, 11) is 1.90. The highest BCUT2D eigenvalue weighted by molar-refractivity contribution is 8.13. The molecule has 7 heteroatoms. The number of benzene rings is 1. The minimum atomic E-state index is -3.58. The van der Waals surface area contributed by atoms with Gasteiger partial charge in [0.1, 0.15) is 6.61 Å². The van der Waals surface area contributed by atoms with Crippen molar-refractivity contribution in [2.45, 2.75) is 25.9 Å². The maximum Gasteiger partial charge on any atom is 0.410 e. The molecule has 1 aromatic rings. The number of carbonyl (C=O) groups excluding carboxylic acids is 1. The van der Waals surface area contributed by atoms with Gasteiger partial charge in [0.2, 0.25) is 9.05 Å². The minimum Gasteiger partial charge on any atom is -0.445 e. The molecular formula is C16H20ClNO4S. The Morgan fingerprint density at radius 2 is 2.09 bits per heavy atom. The summed E-state index contributed by atoms with van der Waals surface area (Å²) in [5.41, 5.74) is 0.532. The van der Waals surface area contributed by atoms with E-state index in [4.69, 9.17) is 15.4 Å². The molecular weight excluding hydrogens is 338 g/mol. The van der Waals surface area contributed by atoms with E-state index in [1.54, 1.807) is 4.90 Å². The second-order valence-corrected chi connectivity index (χ2v) is 9.33. The molecule has 1 aliphatic heterocycles. The first-order valence-electron chi connectivity index (χ1n) is 7.76. The Bertz CT molecular complexity index is 679. The molecule has 1 saturated carbocycles. The normalized spacial score (nSPS) is 27.0. The molecule has 2 unspecified atom stereocenters. The van der Waals surface area contributed by atoms with Crippen molar-refractivity contribution in [3.63, 3.8) is 0 Å². The third-order valence-corrected chi connectivity index (χ3v) is 6.21. The number of amides is 1. The smallest absolute Gasteiger partial charge is 0.410 e. The molecule has 126 valence electrons. The van der Waals surface area contributed by atoms with E-state index in [1.807, 2.05) is 30.3 Å². The first kappa shape index (κ1) is 16.6. The van der Waals surface area contributed by atoms with Gasteiger partial charge in [-0.25, -0.2) is 13.2 Å². The fourth-order valence-corrected chi connectivity index (χ4v) is 5.75. The van der Waals surface area contributed by atoms with Crippen LogP contribution in [0.4, 0.5) is 4.79 Å². The van der Waals surface area contributed by atoms with Crippen LogP contribution in [0.2, 0.25) is 0 Å². The average molecular weight is 358 g/mol. The predicted octanol–water partition coefficient (Wildman–Crippen LogP) is 2.99. The number of hydrogen-bond acceptors (Lipinski definition) is 4. The van der Waals surface area contributed by atoms with Crippen molar-refractivity contribution in [2.75, 3.05) is 18.8 Å². The van der Waals surface area contributed by atoms with E-state index >= 15 is 0 Å². The van der Waals surface area contributed by atoms with Crippen LogP contribution in [-0.4, -0.2) is 38.3 Å². The molecule has 0 aromatic heterocycles. The zero-order valence-corrected chi connectivity index (χ0v) is 14.4. The van der Waals surface area contributed by atoms with Gasteiger partial charge in [0.25, 0.3) is 0 Å². The van der Waals surface area contributed by atoms with Gasteiger partial charge in [-0.15, -0.1) is 0 Å². The van der Waals surface area contributed by atoms with E-state index in [9.17, 15) is 13.2 Å². The quantitative estimate of drug-likeness (QED) is 0.777. The number of fused-ring (bicyclic) bond motifs is 1. The lowest BCUT2D eigenvalue weighted by molar-refractivity contribution is 0.0995. The molecule has 23 heavy (non-hydrogen) atoms. The molecule has 1 aromatic carbocycles. The van der Waals surface area contributed by atoms with E-state index in [2.05, 4.69) is 0 Å². The van der Waals surface area contributed by atoms with Crippen LogP contribution in [0.5, 0.6) is 0 Å². The maximum absolute atomic E-state index is 12.3. The second kappa shape index (κ2) is 6.32. The van der Waals surface area contributed by atoms with Crippen LogP contribution >= 0.6 is 10.7 Å². The average Bonchev–Trinajstić information content (AvgIpc) is 3.00. The van der Waals surface area contributed by atoms with Crippen LogP contribution in [0.25, 0.3) is 0 Å². The van der Waals surface area contributed by atoms with Gasteiger partial charge >= 0.3 is 6.09 Å². The van der Waals surface area contributed by atoms with Crippen molar-refractivity contribution in [3.05, 3.63) is 35.9 Å². The van der Waals surface area contributed by atoms with E-state index in [1.165, 1.54) is 0 Å². The Morgan fingerprint density at radius 1 is 1.35 bits per heavy atom. The van der Waals surface area contributed by atoms with E-state index in [0.29, 0.717) is 13.1 Å². The molecule has 5 nitrogen and oxygen atoms in total. The Hall–Kier alpha value is -1.27. The zero-order chi connectivity index (χ0) is 16.5. The van der Waals surface area contributed by atoms with Crippen molar-refractivity contribution in [3.8, 4) is 0 Å². The van der Waals surface area contributed by atoms with Gasteiger partial charge < -0.3 is 9.64 Å². The van der Waals surface area contributed by atoms with Crippen LogP contribution in [0, 0.1) is 11.3 Å². The lowest BCUT2D eigenvalue weighted by atomic mass is 9.83. The zero-order valence-electron chi connectivity index (χ0n) is 12.8. The summed E-state index contributed by atoms with van der Waals surface area (Å²) in [4.78, 5) is 13.9. The molecule has 2 fully saturated rings. The highest BCUT2D eigenvalue weighted by Gasteiger charge is 2.52. The summed E-state index contributed by atoms with van der Waals surface area (Å²) in [6.07, 6.45) is 2.35. The molecule has 0 radical (unpaired) electrons. The van der Waals surface area contributed by atoms with Gasteiger partial charge in [-0.05, 0) is 24.3 Å². The SMILES string of the molecule is O=C(OCc1ccccc1)N1CC2CCCC2(CS(=O)(=O)Cl)C1. The molecule has 2 atom stereocenters. The highest BCUT2D eigenvalue weighted by atomic mass is 35.7. The summed E-state index contributed by atoms with van der Waals surface area (Å²) < 4.78 is 28.4. The summed E-state index contributed by atoms with van der Waals surface area (Å²) in [5.74, 6) is 0.134. The minimum absolute atomic E-state index is 0.0608. The molecule has 0 N–H and O–H groups in total. The Balaban J connectivity index is 1.63. The van der Waals surface area contributed by atoms with E-state index in [-0.39, 0.29) is 24.4 Å². The number of hydrogen-bond donors (Lipinski definition) is 0. The topological polar surface area (TPSA) is 63.7 Å². The number of ether oxygens (including phenoxy) is 1. The summed E-state index contributed by atoms with van der Waals surface area (Å²) in [5, 5.41) is 0. The van der Waals surface area contributed by atoms with Crippen LogP contribution in [0.3, 0.4) is 0 Å². The standard InChI is InChI=1S/C16H20ClNO4S/c17-23(20,21)12-16-8-4-7-14(16)9-18(11-16)15(19)22-10-13-5-2-1-3-6-13/h1-3,5-6,14H,4,7-12H2. The Morgan fingerprint density at radius 3 is 2.78 bits per heavy atom. The van der Waals surface area contributed by atoms with Gasteiger partial charge in [-0.2, -0.15) is 0 Å². The van der Waals surface area contributed by atoms with Gasteiger partial charge in [0, 0.05) is 29.2 Å². The summed E-state index contributed by atoms with van der Waals surface area (Å²) in [6, 6.07) is 9.48. The maximum atomic E-state index is 12.3. The van der Waals surface area contributed by atoms with Crippen molar-refractivity contribution in [2.24, 2.45) is 11.3 Å². The van der Waals surface area contributed by atoms with Crippen molar-refractivity contribution in [1.29, 1.82) is 0 Å². The van der Waals surface area contributed by atoms with Crippen LogP contribution < -0.4 is 0 Å². The molecule has 1 saturated heterocycles. The first-order chi connectivity index (χ1) is 10.9. The van der Waals surface area contributed by atoms with E-state index in [0.717, 1.165) is 24.8 Å². The second-order valence-electron chi connectivity index (χ2n) is 6.56. The predicted molar refractivity (Wildman–Crippen MR) is 87.6 cm³/mol. The monoisotopic (exact) mass is 357 g/mol. The third kappa shape index (κ3) is 3.80. The molecule has 1 aliphatic carbocycles. The molecule has 0 spiro atoms. The summed E-state index contributed by atoms with van der Waals surface area (Å²) >= 11 is 0. The first-order valence-corrected chi connectivity index (χ1v) is 10.2. The third-order valence-electron chi connectivity index (χ3n) is 4.96. The molecule has 0 bridgehead atoms. The number of halogens is 1. The lowest BCUT2D eigenvalue weighted by Gasteiger charge is -2.26. The van der Waals surface area contributed by atoms with Gasteiger partial charge in [-0.1, -0.05) is 36.8 Å². The molecule has 2 aliphatic rings. The Labute approximate surface area is 141 Å². The van der Waals surface area contributed by atoms with Crippen molar-refractivity contribution in [1.82, 2.24) is 4.90 Å². The van der Waals surface area contributed by atoms with Gasteiger partial charge in [-0.3, -0.25) is 0 Å². The highest BCUT2D eigenvalue weighted by Crippen LogP contribution is 2.50. The fourth-order valence-electron chi connectivity index (χ4n) is 3.94. The number of rotatable bonds is 4. The molecule has 1 amide bonds. The molecule has 1 heterocycles. The van der Waals surface area contributed by atoms with Gasteiger partial charge in [0.15, 0.2) is 0 Å². The van der Waals surface area contributed by atoms with Crippen LogP contribution in [0.15, 0.2) is 30.3 Å². The van der Waals surface area contributed by atoms with Crippen molar-refractivity contribution >= 4 is 25.8 Å². The van der Waals surface area contributed by atoms with Crippen LogP contribution in [0.1, 0.15) is 24.8 Å². The fraction of sp³-hybridized carbons (Fsp3) is 0.562. The lowest BCUT2D eigenvalue weighted by Crippen LogP contribution is -2.35.